The highest BCUT2D eigenvalue weighted by Gasteiger charge is 2.34. The molecule has 0 bridgehead atoms. The minimum Gasteiger partial charge on any atom is -0.492 e. The van der Waals surface area contributed by atoms with Gasteiger partial charge >= 0.3 is 0 Å². The molecule has 3 rings (SSSR count). The van der Waals surface area contributed by atoms with Gasteiger partial charge in [-0.1, -0.05) is 26.0 Å². The summed E-state index contributed by atoms with van der Waals surface area (Å²) in [5, 5.41) is 10.5. The number of ether oxygens (including phenoxy) is 1. The number of carbonyl (C=O) groups excluding carboxylic acids is 1. The summed E-state index contributed by atoms with van der Waals surface area (Å²) < 4.78 is 7.50. The minimum atomic E-state index is -0.0653. The summed E-state index contributed by atoms with van der Waals surface area (Å²) in [7, 11) is 1.89. The Morgan fingerprint density at radius 2 is 2.12 bits per heavy atom. The molecule has 2 heterocycles. The number of amides is 1. The number of hydrogen-bond acceptors (Lipinski definition) is 4. The summed E-state index contributed by atoms with van der Waals surface area (Å²) in [6, 6.07) is 8.13. The molecule has 1 fully saturated rings. The Kier molecular flexibility index (Phi) is 5.93. The fourth-order valence-electron chi connectivity index (χ4n) is 3.36. The topological polar surface area (TPSA) is 68.2 Å². The Morgan fingerprint density at radius 3 is 2.77 bits per heavy atom. The average molecular weight is 356 g/mol. The van der Waals surface area contributed by atoms with Gasteiger partial charge in [0.2, 0.25) is 5.91 Å². The Labute approximate surface area is 154 Å². The van der Waals surface area contributed by atoms with Gasteiger partial charge in [-0.3, -0.25) is 9.48 Å². The van der Waals surface area contributed by atoms with Crippen molar-refractivity contribution in [1.29, 1.82) is 0 Å². The average Bonchev–Trinajstić information content (AvgIpc) is 3.27. The zero-order chi connectivity index (χ0) is 18.5. The highest BCUT2D eigenvalue weighted by molar-refractivity contribution is 5.80. The van der Waals surface area contributed by atoms with Gasteiger partial charge in [0.15, 0.2) is 0 Å². The van der Waals surface area contributed by atoms with Crippen LogP contribution in [0.5, 0.6) is 5.75 Å². The molecule has 0 unspecified atom stereocenters. The summed E-state index contributed by atoms with van der Waals surface area (Å²) in [5.74, 6) is 1.52. The normalized spacial score (nSPS) is 19.7. The third-order valence-corrected chi connectivity index (χ3v) is 4.92. The second kappa shape index (κ2) is 8.36. The summed E-state index contributed by atoms with van der Waals surface area (Å²) >= 11 is 0. The standard InChI is InChI=1S/C20H28N4O2/c1-14(2)15-4-6-17(7-5-15)26-9-8-22-20(25)19-12-21-11-18(19)16-10-23-24(3)13-16/h4-7,10,13-14,18-19,21H,8-9,11-12H2,1-3H3,(H,22,25)/t18-,19+/m1/s1. The first kappa shape index (κ1) is 18.5. The van der Waals surface area contributed by atoms with E-state index in [1.54, 1.807) is 4.68 Å². The van der Waals surface area contributed by atoms with Crippen LogP contribution in [0.25, 0.3) is 0 Å². The van der Waals surface area contributed by atoms with Crippen LogP contribution in [0.1, 0.15) is 36.8 Å². The number of hydrogen-bond donors (Lipinski definition) is 2. The first-order chi connectivity index (χ1) is 12.5. The van der Waals surface area contributed by atoms with Crippen LogP contribution in [0, 0.1) is 5.92 Å². The lowest BCUT2D eigenvalue weighted by Crippen LogP contribution is -2.36. The summed E-state index contributed by atoms with van der Waals surface area (Å²) in [4.78, 5) is 12.5. The predicted octanol–water partition coefficient (Wildman–Crippen LogP) is 2.04. The molecule has 1 aliphatic rings. The number of rotatable bonds is 7. The molecule has 2 atom stereocenters. The van der Waals surface area contributed by atoms with Crippen LogP contribution in [-0.4, -0.2) is 41.9 Å². The van der Waals surface area contributed by atoms with Crippen molar-refractivity contribution in [1.82, 2.24) is 20.4 Å². The molecule has 0 radical (unpaired) electrons. The summed E-state index contributed by atoms with van der Waals surface area (Å²) in [5.41, 5.74) is 2.40. The Bertz CT molecular complexity index is 724. The van der Waals surface area contributed by atoms with Gasteiger partial charge < -0.3 is 15.4 Å². The van der Waals surface area contributed by atoms with Gasteiger partial charge in [-0.2, -0.15) is 5.10 Å². The second-order valence-electron chi connectivity index (χ2n) is 7.18. The van der Waals surface area contributed by atoms with Gasteiger partial charge in [0.05, 0.1) is 18.7 Å². The zero-order valence-electron chi connectivity index (χ0n) is 15.7. The van der Waals surface area contributed by atoms with E-state index in [2.05, 4.69) is 41.7 Å². The minimum absolute atomic E-state index is 0.0653. The molecular weight excluding hydrogens is 328 g/mol. The number of nitrogens with zero attached hydrogens (tertiary/aromatic N) is 2. The van der Waals surface area contributed by atoms with Crippen LogP contribution in [0.3, 0.4) is 0 Å². The molecule has 1 aromatic carbocycles. The zero-order valence-corrected chi connectivity index (χ0v) is 15.7. The van der Waals surface area contributed by atoms with Crippen LogP contribution < -0.4 is 15.4 Å². The number of nitrogens with one attached hydrogen (secondary N) is 2. The fraction of sp³-hybridized carbons (Fsp3) is 0.500. The van der Waals surface area contributed by atoms with E-state index < -0.39 is 0 Å². The Morgan fingerprint density at radius 1 is 1.35 bits per heavy atom. The number of carbonyl (C=O) groups is 1. The summed E-state index contributed by atoms with van der Waals surface area (Å²) in [6.07, 6.45) is 3.84. The van der Waals surface area contributed by atoms with Crippen LogP contribution in [0.4, 0.5) is 0 Å². The summed E-state index contributed by atoms with van der Waals surface area (Å²) in [6.45, 7) is 6.81. The van der Waals surface area contributed by atoms with Crippen molar-refractivity contribution in [3.8, 4) is 5.75 Å². The quantitative estimate of drug-likeness (QED) is 0.745. The van der Waals surface area contributed by atoms with Crippen molar-refractivity contribution in [3.05, 3.63) is 47.8 Å². The van der Waals surface area contributed by atoms with Crippen molar-refractivity contribution >= 4 is 5.91 Å². The Balaban J connectivity index is 1.45. The predicted molar refractivity (Wildman–Crippen MR) is 101 cm³/mol. The number of aryl methyl sites for hydroxylation is 1. The lowest BCUT2D eigenvalue weighted by Gasteiger charge is -2.17. The van der Waals surface area contributed by atoms with Gasteiger partial charge in [-0.25, -0.2) is 0 Å². The molecular formula is C20H28N4O2. The molecule has 1 aromatic heterocycles. The third-order valence-electron chi connectivity index (χ3n) is 4.92. The SMILES string of the molecule is CC(C)c1ccc(OCCNC(=O)[C@H]2CNC[C@@H]2c2cnn(C)c2)cc1. The molecule has 0 spiro atoms. The lowest BCUT2D eigenvalue weighted by molar-refractivity contribution is -0.124. The first-order valence-corrected chi connectivity index (χ1v) is 9.24. The van der Waals surface area contributed by atoms with Crippen molar-refractivity contribution < 1.29 is 9.53 Å². The molecule has 6 nitrogen and oxygen atoms in total. The van der Waals surface area contributed by atoms with Gasteiger partial charge in [0.1, 0.15) is 12.4 Å². The highest BCUT2D eigenvalue weighted by Crippen LogP contribution is 2.27. The van der Waals surface area contributed by atoms with Crippen molar-refractivity contribution in [3.63, 3.8) is 0 Å². The largest absolute Gasteiger partial charge is 0.492 e. The molecule has 26 heavy (non-hydrogen) atoms. The van der Waals surface area contributed by atoms with Gasteiger partial charge in [-0.15, -0.1) is 0 Å². The molecule has 6 heteroatoms. The monoisotopic (exact) mass is 356 g/mol. The van der Waals surface area contributed by atoms with Crippen LogP contribution in [-0.2, 0) is 11.8 Å². The van der Waals surface area contributed by atoms with Crippen molar-refractivity contribution in [2.75, 3.05) is 26.2 Å². The maximum Gasteiger partial charge on any atom is 0.225 e. The molecule has 2 N–H and O–H groups in total. The second-order valence-corrected chi connectivity index (χ2v) is 7.18. The van der Waals surface area contributed by atoms with E-state index in [1.165, 1.54) is 5.56 Å². The Hall–Kier alpha value is -2.34. The van der Waals surface area contributed by atoms with E-state index in [-0.39, 0.29) is 17.7 Å². The van der Waals surface area contributed by atoms with Gasteiger partial charge in [0, 0.05) is 32.3 Å². The van der Waals surface area contributed by atoms with Crippen LogP contribution in [0.2, 0.25) is 0 Å². The molecule has 1 saturated heterocycles. The molecule has 1 aliphatic heterocycles. The van der Waals surface area contributed by atoms with E-state index in [4.69, 9.17) is 4.74 Å². The fourth-order valence-corrected chi connectivity index (χ4v) is 3.36. The van der Waals surface area contributed by atoms with E-state index in [9.17, 15) is 4.79 Å². The van der Waals surface area contributed by atoms with Crippen molar-refractivity contribution in [2.24, 2.45) is 13.0 Å². The molecule has 0 aliphatic carbocycles. The molecule has 1 amide bonds. The van der Waals surface area contributed by atoms with Crippen LogP contribution >= 0.6 is 0 Å². The van der Waals surface area contributed by atoms with Gasteiger partial charge in [-0.05, 0) is 29.2 Å². The molecule has 2 aromatic rings. The van der Waals surface area contributed by atoms with Crippen molar-refractivity contribution in [2.45, 2.75) is 25.7 Å². The third kappa shape index (κ3) is 4.43. The van der Waals surface area contributed by atoms with E-state index >= 15 is 0 Å². The smallest absolute Gasteiger partial charge is 0.225 e. The van der Waals surface area contributed by atoms with E-state index in [0.29, 0.717) is 25.6 Å². The lowest BCUT2D eigenvalue weighted by atomic mass is 9.90. The van der Waals surface area contributed by atoms with Gasteiger partial charge in [0.25, 0.3) is 0 Å². The molecule has 140 valence electrons. The molecule has 0 saturated carbocycles. The van der Waals surface area contributed by atoms with E-state index in [0.717, 1.165) is 17.9 Å². The first-order valence-electron chi connectivity index (χ1n) is 9.24. The highest BCUT2D eigenvalue weighted by atomic mass is 16.5. The maximum absolute atomic E-state index is 12.5. The van der Waals surface area contributed by atoms with Crippen LogP contribution in [0.15, 0.2) is 36.7 Å². The number of benzene rings is 1. The number of aromatic nitrogens is 2. The van der Waals surface area contributed by atoms with E-state index in [1.807, 2.05) is 31.6 Å². The maximum atomic E-state index is 12.5.